The second-order valence-corrected chi connectivity index (χ2v) is 4.62. The molecule has 110 valence electrons. The first kappa shape index (κ1) is 17.2. The maximum Gasteiger partial charge on any atom is 0.328 e. The molecular formula is C12H22N2O5. The van der Waals surface area contributed by atoms with Gasteiger partial charge < -0.3 is 20.5 Å². The monoisotopic (exact) mass is 274 g/mol. The summed E-state index contributed by atoms with van der Waals surface area (Å²) in [5.74, 6) is -1.48. The van der Waals surface area contributed by atoms with Crippen LogP contribution in [-0.4, -0.2) is 42.3 Å². The van der Waals surface area contributed by atoms with Gasteiger partial charge in [-0.05, 0) is 18.8 Å². The highest BCUT2D eigenvalue weighted by Gasteiger charge is 2.24. The van der Waals surface area contributed by atoms with Crippen LogP contribution in [0.1, 0.15) is 33.6 Å². The van der Waals surface area contributed by atoms with E-state index >= 15 is 0 Å². The van der Waals surface area contributed by atoms with Crippen molar-refractivity contribution in [2.24, 2.45) is 5.92 Å². The lowest BCUT2D eigenvalue weighted by Crippen LogP contribution is -2.51. The summed E-state index contributed by atoms with van der Waals surface area (Å²) in [6.45, 7) is 5.45. The van der Waals surface area contributed by atoms with Crippen LogP contribution >= 0.6 is 0 Å². The fraction of sp³-hybridized carbons (Fsp3) is 0.750. The molecular weight excluding hydrogens is 252 g/mol. The molecule has 0 radical (unpaired) electrons. The van der Waals surface area contributed by atoms with Gasteiger partial charge in [-0.2, -0.15) is 0 Å². The zero-order valence-corrected chi connectivity index (χ0v) is 11.7. The van der Waals surface area contributed by atoms with E-state index in [1.165, 1.54) is 7.11 Å². The van der Waals surface area contributed by atoms with E-state index < -0.39 is 30.1 Å². The Balaban J connectivity index is 4.53. The Hall–Kier alpha value is -1.79. The van der Waals surface area contributed by atoms with E-state index in [0.29, 0.717) is 6.42 Å². The number of rotatable bonds is 7. The minimum absolute atomic E-state index is 0.186. The van der Waals surface area contributed by atoms with Crippen molar-refractivity contribution in [3.8, 4) is 0 Å². The van der Waals surface area contributed by atoms with Gasteiger partial charge in [0.25, 0.3) is 0 Å². The van der Waals surface area contributed by atoms with E-state index in [0.717, 1.165) is 0 Å². The molecule has 1 unspecified atom stereocenters. The Labute approximate surface area is 112 Å². The third-order valence-corrected chi connectivity index (χ3v) is 2.51. The zero-order chi connectivity index (χ0) is 15.0. The molecule has 0 heterocycles. The maximum absolute atomic E-state index is 11.6. The fourth-order valence-corrected chi connectivity index (χ4v) is 1.52. The van der Waals surface area contributed by atoms with E-state index in [-0.39, 0.29) is 12.3 Å². The van der Waals surface area contributed by atoms with Crippen LogP contribution in [0, 0.1) is 5.92 Å². The zero-order valence-electron chi connectivity index (χ0n) is 11.7. The third-order valence-electron chi connectivity index (χ3n) is 2.51. The number of esters is 1. The Morgan fingerprint density at radius 2 is 1.68 bits per heavy atom. The lowest BCUT2D eigenvalue weighted by molar-refractivity contribution is -0.143. The van der Waals surface area contributed by atoms with Gasteiger partial charge >= 0.3 is 18.0 Å². The molecule has 0 bridgehead atoms. The van der Waals surface area contributed by atoms with E-state index in [1.54, 1.807) is 6.92 Å². The molecule has 0 aliphatic rings. The van der Waals surface area contributed by atoms with Crippen molar-refractivity contribution in [3.05, 3.63) is 0 Å². The van der Waals surface area contributed by atoms with Crippen LogP contribution in [0.4, 0.5) is 4.79 Å². The number of methoxy groups -OCH3 is 1. The molecule has 0 spiro atoms. The highest BCUT2D eigenvalue weighted by atomic mass is 16.5. The Morgan fingerprint density at radius 1 is 1.16 bits per heavy atom. The van der Waals surface area contributed by atoms with Gasteiger partial charge in [-0.15, -0.1) is 0 Å². The molecule has 19 heavy (non-hydrogen) atoms. The van der Waals surface area contributed by atoms with Gasteiger partial charge in [0.05, 0.1) is 7.11 Å². The van der Waals surface area contributed by atoms with E-state index in [4.69, 9.17) is 5.11 Å². The number of carbonyl (C=O) groups excluding carboxylic acids is 2. The SMILES string of the molecule is CC[C@@H](NC(=O)NC(CC(C)C)C(=O)OC)C(=O)O. The highest BCUT2D eigenvalue weighted by Crippen LogP contribution is 2.06. The first-order chi connectivity index (χ1) is 8.81. The van der Waals surface area contributed by atoms with Crippen LogP contribution in [0.5, 0.6) is 0 Å². The van der Waals surface area contributed by atoms with Gasteiger partial charge in [0.15, 0.2) is 0 Å². The Bertz CT molecular complexity index is 330. The number of nitrogens with one attached hydrogen (secondary N) is 2. The smallest absolute Gasteiger partial charge is 0.328 e. The van der Waals surface area contributed by atoms with Gasteiger partial charge in [0, 0.05) is 0 Å². The number of aliphatic carboxylic acids is 1. The first-order valence-corrected chi connectivity index (χ1v) is 6.19. The lowest BCUT2D eigenvalue weighted by Gasteiger charge is -2.20. The number of carboxylic acids is 1. The summed E-state index contributed by atoms with van der Waals surface area (Å²) in [6, 6.07) is -2.45. The molecule has 2 atom stereocenters. The molecule has 0 aromatic rings. The second-order valence-electron chi connectivity index (χ2n) is 4.62. The Kier molecular flexibility index (Phi) is 7.55. The molecule has 2 amide bonds. The van der Waals surface area contributed by atoms with Crippen molar-refractivity contribution in [2.75, 3.05) is 7.11 Å². The van der Waals surface area contributed by atoms with Crippen molar-refractivity contribution < 1.29 is 24.2 Å². The van der Waals surface area contributed by atoms with Gasteiger partial charge in [-0.1, -0.05) is 20.8 Å². The predicted octanol–water partition coefficient (Wildman–Crippen LogP) is 0.737. The summed E-state index contributed by atoms with van der Waals surface area (Å²) >= 11 is 0. The summed E-state index contributed by atoms with van der Waals surface area (Å²) < 4.78 is 4.60. The summed E-state index contributed by atoms with van der Waals surface area (Å²) in [7, 11) is 1.24. The van der Waals surface area contributed by atoms with E-state index in [2.05, 4.69) is 15.4 Å². The van der Waals surface area contributed by atoms with Crippen LogP contribution in [0.2, 0.25) is 0 Å². The quantitative estimate of drug-likeness (QED) is 0.594. The molecule has 0 rings (SSSR count). The van der Waals surface area contributed by atoms with E-state index in [1.807, 2.05) is 13.8 Å². The average Bonchev–Trinajstić information content (AvgIpc) is 2.33. The fourth-order valence-electron chi connectivity index (χ4n) is 1.52. The van der Waals surface area contributed by atoms with Gasteiger partial charge in [-0.25, -0.2) is 14.4 Å². The van der Waals surface area contributed by atoms with Gasteiger partial charge in [0.2, 0.25) is 0 Å². The molecule has 3 N–H and O–H groups in total. The predicted molar refractivity (Wildman–Crippen MR) is 68.6 cm³/mol. The second kappa shape index (κ2) is 8.34. The minimum atomic E-state index is -1.11. The molecule has 0 aromatic heterocycles. The largest absolute Gasteiger partial charge is 0.480 e. The molecule has 7 nitrogen and oxygen atoms in total. The molecule has 0 aliphatic carbocycles. The van der Waals surface area contributed by atoms with Gasteiger partial charge in [0.1, 0.15) is 12.1 Å². The topological polar surface area (TPSA) is 105 Å². The van der Waals surface area contributed by atoms with Crippen molar-refractivity contribution in [1.82, 2.24) is 10.6 Å². The average molecular weight is 274 g/mol. The van der Waals surface area contributed by atoms with Crippen molar-refractivity contribution in [1.29, 1.82) is 0 Å². The van der Waals surface area contributed by atoms with Crippen LogP contribution in [-0.2, 0) is 14.3 Å². The minimum Gasteiger partial charge on any atom is -0.480 e. The van der Waals surface area contributed by atoms with Crippen molar-refractivity contribution in [2.45, 2.75) is 45.7 Å². The maximum atomic E-state index is 11.6. The molecule has 0 aromatic carbocycles. The van der Waals surface area contributed by atoms with Crippen LogP contribution in [0.25, 0.3) is 0 Å². The number of hydrogen-bond acceptors (Lipinski definition) is 4. The standard InChI is InChI=1S/C12H22N2O5/c1-5-8(10(15)16)13-12(18)14-9(6-7(2)3)11(17)19-4/h7-9H,5-6H2,1-4H3,(H,15,16)(H2,13,14,18)/t8-,9?/m1/s1. The molecule has 0 aliphatic heterocycles. The Morgan fingerprint density at radius 3 is 2.05 bits per heavy atom. The summed E-state index contributed by atoms with van der Waals surface area (Å²) in [5.41, 5.74) is 0. The third kappa shape index (κ3) is 6.64. The van der Waals surface area contributed by atoms with Crippen molar-refractivity contribution in [3.63, 3.8) is 0 Å². The number of hydrogen-bond donors (Lipinski definition) is 3. The lowest BCUT2D eigenvalue weighted by atomic mass is 10.0. The van der Waals surface area contributed by atoms with Gasteiger partial charge in [-0.3, -0.25) is 0 Å². The van der Waals surface area contributed by atoms with Crippen LogP contribution in [0.3, 0.4) is 0 Å². The molecule has 0 saturated heterocycles. The summed E-state index contributed by atoms with van der Waals surface area (Å²) in [5, 5.41) is 13.5. The molecule has 0 fully saturated rings. The normalized spacial score (nSPS) is 13.5. The molecule has 7 heteroatoms. The number of carboxylic acid groups (broad SMARTS) is 1. The number of carbonyl (C=O) groups is 3. The summed E-state index contributed by atoms with van der Waals surface area (Å²) in [6.07, 6.45) is 0.680. The highest BCUT2D eigenvalue weighted by molar-refractivity contribution is 5.86. The molecule has 0 saturated carbocycles. The van der Waals surface area contributed by atoms with Crippen molar-refractivity contribution >= 4 is 18.0 Å². The number of amides is 2. The van der Waals surface area contributed by atoms with Crippen LogP contribution in [0.15, 0.2) is 0 Å². The van der Waals surface area contributed by atoms with Crippen LogP contribution < -0.4 is 10.6 Å². The van der Waals surface area contributed by atoms with E-state index in [9.17, 15) is 14.4 Å². The first-order valence-electron chi connectivity index (χ1n) is 6.19. The summed E-state index contributed by atoms with van der Waals surface area (Å²) in [4.78, 5) is 33.9. The number of ether oxygens (including phenoxy) is 1. The number of urea groups is 1.